The van der Waals surface area contributed by atoms with E-state index in [-0.39, 0.29) is 40.7 Å². The molecule has 0 saturated carbocycles. The molecule has 1 fully saturated rings. The molecule has 33 heavy (non-hydrogen) atoms. The van der Waals surface area contributed by atoms with E-state index in [0.717, 1.165) is 4.90 Å². The number of benzene rings is 2. The number of hydrogen-bond acceptors (Lipinski definition) is 7. The van der Waals surface area contributed by atoms with Crippen molar-refractivity contribution in [3.8, 4) is 5.75 Å². The Morgan fingerprint density at radius 2 is 1.73 bits per heavy atom. The summed E-state index contributed by atoms with van der Waals surface area (Å²) < 4.78 is 31.8. The first-order valence-electron chi connectivity index (χ1n) is 10.4. The fraction of sp³-hybridized carbons (Fsp3) is 0.304. The standard InChI is InChI=1S/C23H22N2O7S/c1-13(2)32-18-5-3-4-6-19(18)33(30,31)12-14-7-8-15-16(11-14)23(29)25(22(15)28)17-9-10-20(26)24-21(17)27/h3-8,11,13,17H,9-10,12H2,1-2H3,(H,24,26,27). The first-order valence-corrected chi connectivity index (χ1v) is 12.1. The molecule has 2 aromatic rings. The Kier molecular flexibility index (Phi) is 5.79. The molecule has 0 aromatic heterocycles. The third-order valence-corrected chi connectivity index (χ3v) is 7.13. The number of imide groups is 2. The lowest BCUT2D eigenvalue weighted by Crippen LogP contribution is -2.54. The molecule has 1 unspecified atom stereocenters. The van der Waals surface area contributed by atoms with Crippen LogP contribution in [-0.2, 0) is 25.2 Å². The van der Waals surface area contributed by atoms with Crippen LogP contribution in [0, 0.1) is 0 Å². The molecule has 4 amide bonds. The van der Waals surface area contributed by atoms with E-state index in [1.165, 1.54) is 24.3 Å². The molecule has 172 valence electrons. The molecule has 0 bridgehead atoms. The van der Waals surface area contributed by atoms with Gasteiger partial charge in [-0.3, -0.25) is 29.4 Å². The van der Waals surface area contributed by atoms with Crippen LogP contribution in [0.15, 0.2) is 47.4 Å². The van der Waals surface area contributed by atoms with Crippen LogP contribution in [0.4, 0.5) is 0 Å². The Labute approximate surface area is 190 Å². The molecule has 2 aromatic carbocycles. The number of carbonyl (C=O) groups is 4. The van der Waals surface area contributed by atoms with Gasteiger partial charge in [-0.1, -0.05) is 18.2 Å². The zero-order valence-electron chi connectivity index (χ0n) is 18.0. The largest absolute Gasteiger partial charge is 0.490 e. The monoisotopic (exact) mass is 470 g/mol. The van der Waals surface area contributed by atoms with Crippen molar-refractivity contribution in [2.45, 2.75) is 49.5 Å². The van der Waals surface area contributed by atoms with Crippen LogP contribution in [0.2, 0.25) is 0 Å². The Hall–Kier alpha value is -3.53. The van der Waals surface area contributed by atoms with Gasteiger partial charge in [0, 0.05) is 6.42 Å². The summed E-state index contributed by atoms with van der Waals surface area (Å²) in [6.45, 7) is 3.58. The topological polar surface area (TPSA) is 127 Å². The van der Waals surface area contributed by atoms with Crippen LogP contribution in [0.25, 0.3) is 0 Å². The number of fused-ring (bicyclic) bond motifs is 1. The fourth-order valence-electron chi connectivity index (χ4n) is 3.96. The van der Waals surface area contributed by atoms with E-state index >= 15 is 0 Å². The number of carbonyl (C=O) groups excluding carboxylic acids is 4. The number of amides is 4. The maximum absolute atomic E-state index is 13.1. The maximum Gasteiger partial charge on any atom is 0.262 e. The predicted molar refractivity (Wildman–Crippen MR) is 116 cm³/mol. The van der Waals surface area contributed by atoms with Crippen molar-refractivity contribution in [1.29, 1.82) is 0 Å². The molecule has 0 radical (unpaired) electrons. The van der Waals surface area contributed by atoms with E-state index < -0.39 is 45.3 Å². The van der Waals surface area contributed by atoms with Crippen LogP contribution in [-0.4, -0.2) is 49.1 Å². The number of ether oxygens (including phenoxy) is 1. The van der Waals surface area contributed by atoms with Crippen molar-refractivity contribution >= 4 is 33.5 Å². The Balaban J connectivity index is 1.62. The summed E-state index contributed by atoms with van der Waals surface area (Å²) >= 11 is 0. The molecule has 0 aliphatic carbocycles. The molecule has 9 nitrogen and oxygen atoms in total. The van der Waals surface area contributed by atoms with Crippen molar-refractivity contribution in [2.24, 2.45) is 0 Å². The lowest BCUT2D eigenvalue weighted by atomic mass is 10.0. The first-order chi connectivity index (χ1) is 15.6. The lowest BCUT2D eigenvalue weighted by molar-refractivity contribution is -0.136. The molecule has 1 saturated heterocycles. The van der Waals surface area contributed by atoms with Crippen molar-refractivity contribution in [1.82, 2.24) is 10.2 Å². The van der Waals surface area contributed by atoms with E-state index in [4.69, 9.17) is 4.74 Å². The first kappa shape index (κ1) is 22.7. The van der Waals surface area contributed by atoms with Crippen molar-refractivity contribution in [2.75, 3.05) is 0 Å². The second kappa shape index (κ2) is 8.43. The average molecular weight is 471 g/mol. The van der Waals surface area contributed by atoms with Crippen molar-refractivity contribution < 1.29 is 32.3 Å². The summed E-state index contributed by atoms with van der Waals surface area (Å²) in [5, 5.41) is 2.14. The third-order valence-electron chi connectivity index (χ3n) is 5.41. The summed E-state index contributed by atoms with van der Waals surface area (Å²) in [6, 6.07) is 9.47. The zero-order valence-corrected chi connectivity index (χ0v) is 18.8. The Morgan fingerprint density at radius 1 is 1.03 bits per heavy atom. The van der Waals surface area contributed by atoms with Gasteiger partial charge in [0.05, 0.1) is 23.0 Å². The smallest absolute Gasteiger partial charge is 0.262 e. The number of piperidine rings is 1. The van der Waals surface area contributed by atoms with E-state index in [9.17, 15) is 27.6 Å². The molecule has 0 spiro atoms. The molecule has 4 rings (SSSR count). The second-order valence-electron chi connectivity index (χ2n) is 8.20. The van der Waals surface area contributed by atoms with Gasteiger partial charge >= 0.3 is 0 Å². The number of sulfone groups is 1. The summed E-state index contributed by atoms with van der Waals surface area (Å²) in [7, 11) is -3.82. The Bertz CT molecular complexity index is 1280. The average Bonchev–Trinajstić information content (AvgIpc) is 2.98. The minimum Gasteiger partial charge on any atom is -0.490 e. The highest BCUT2D eigenvalue weighted by atomic mass is 32.2. The summed E-state index contributed by atoms with van der Waals surface area (Å²) in [6.07, 6.45) is -0.155. The molecular formula is C23H22N2O7S. The van der Waals surface area contributed by atoms with Crippen molar-refractivity contribution in [3.63, 3.8) is 0 Å². The van der Waals surface area contributed by atoms with Crippen LogP contribution in [0.5, 0.6) is 5.75 Å². The van der Waals surface area contributed by atoms with E-state index in [1.807, 2.05) is 0 Å². The lowest BCUT2D eigenvalue weighted by Gasteiger charge is -2.27. The molecule has 10 heteroatoms. The van der Waals surface area contributed by atoms with Gasteiger partial charge in [0.2, 0.25) is 11.8 Å². The predicted octanol–water partition coefficient (Wildman–Crippen LogP) is 1.85. The van der Waals surface area contributed by atoms with Gasteiger partial charge in [-0.2, -0.15) is 0 Å². The minimum absolute atomic E-state index is 0.0190. The van der Waals surface area contributed by atoms with Crippen LogP contribution in [0.3, 0.4) is 0 Å². The fourth-order valence-corrected chi connectivity index (χ4v) is 5.45. The van der Waals surface area contributed by atoms with Gasteiger partial charge in [0.1, 0.15) is 16.7 Å². The minimum atomic E-state index is -3.82. The number of rotatable bonds is 6. The van der Waals surface area contributed by atoms with Gasteiger partial charge in [0.25, 0.3) is 11.8 Å². The second-order valence-corrected chi connectivity index (χ2v) is 10.2. The molecule has 1 atom stereocenters. The SMILES string of the molecule is CC(C)Oc1ccccc1S(=O)(=O)Cc1ccc2c(c1)C(=O)N(C1CCC(=O)NC1=O)C2=O. The summed E-state index contributed by atoms with van der Waals surface area (Å²) in [5.74, 6) is -2.66. The number of nitrogens with one attached hydrogen (secondary N) is 1. The zero-order chi connectivity index (χ0) is 23.9. The number of para-hydroxylation sites is 1. The van der Waals surface area contributed by atoms with E-state index in [1.54, 1.807) is 32.0 Å². The molecule has 2 heterocycles. The molecule has 2 aliphatic heterocycles. The number of nitrogens with zero attached hydrogens (tertiary/aromatic N) is 1. The van der Waals surface area contributed by atoms with Crippen LogP contribution < -0.4 is 10.1 Å². The highest BCUT2D eigenvalue weighted by Gasteiger charge is 2.44. The van der Waals surface area contributed by atoms with E-state index in [2.05, 4.69) is 5.32 Å². The van der Waals surface area contributed by atoms with Gasteiger partial charge in [-0.15, -0.1) is 0 Å². The van der Waals surface area contributed by atoms with Gasteiger partial charge in [-0.25, -0.2) is 8.42 Å². The van der Waals surface area contributed by atoms with Crippen LogP contribution in [0.1, 0.15) is 53.0 Å². The Morgan fingerprint density at radius 3 is 2.42 bits per heavy atom. The van der Waals surface area contributed by atoms with Gasteiger partial charge < -0.3 is 4.74 Å². The summed E-state index contributed by atoms with van der Waals surface area (Å²) in [5.41, 5.74) is 0.442. The molecule has 1 N–H and O–H groups in total. The van der Waals surface area contributed by atoms with Crippen molar-refractivity contribution in [3.05, 3.63) is 59.2 Å². The molecular weight excluding hydrogens is 448 g/mol. The van der Waals surface area contributed by atoms with E-state index in [0.29, 0.717) is 5.56 Å². The van der Waals surface area contributed by atoms with Gasteiger partial charge in [-0.05, 0) is 50.1 Å². The maximum atomic E-state index is 13.1. The highest BCUT2D eigenvalue weighted by molar-refractivity contribution is 7.90. The third kappa shape index (κ3) is 4.25. The molecule has 2 aliphatic rings. The normalized spacial score (nSPS) is 18.5. The quantitative estimate of drug-likeness (QED) is 0.638. The summed E-state index contributed by atoms with van der Waals surface area (Å²) in [4.78, 5) is 50.2. The van der Waals surface area contributed by atoms with Crippen LogP contribution >= 0.6 is 0 Å². The highest BCUT2D eigenvalue weighted by Crippen LogP contribution is 2.31. The van der Waals surface area contributed by atoms with Gasteiger partial charge in [0.15, 0.2) is 9.84 Å². The number of hydrogen-bond donors (Lipinski definition) is 1.